The summed E-state index contributed by atoms with van der Waals surface area (Å²) in [5.41, 5.74) is 0. The quantitative estimate of drug-likeness (QED) is 0.256. The van der Waals surface area contributed by atoms with Crippen LogP contribution in [0.1, 0.15) is 53.9 Å². The Kier molecular flexibility index (Phi) is 17.1. The van der Waals surface area contributed by atoms with Gasteiger partial charge in [-0.05, 0) is 46.0 Å². The Balaban J connectivity index is 0. The molecule has 0 aromatic rings. The molecular formula is C15H34IN3O. The smallest absolute Gasteiger partial charge is 0.191 e. The number of nitrogens with one attached hydrogen (secondary N) is 2. The molecule has 0 rings (SSSR count). The lowest BCUT2D eigenvalue weighted by Crippen LogP contribution is -2.42. The summed E-state index contributed by atoms with van der Waals surface area (Å²) in [5.74, 6) is 1.69. The van der Waals surface area contributed by atoms with E-state index >= 15 is 0 Å². The third kappa shape index (κ3) is 14.4. The summed E-state index contributed by atoms with van der Waals surface area (Å²) >= 11 is 0. The van der Waals surface area contributed by atoms with Crippen molar-refractivity contribution in [1.29, 1.82) is 0 Å². The highest BCUT2D eigenvalue weighted by molar-refractivity contribution is 14.0. The van der Waals surface area contributed by atoms with Crippen LogP contribution in [0.3, 0.4) is 0 Å². The number of halogens is 1. The van der Waals surface area contributed by atoms with Crippen LogP contribution in [0, 0.1) is 5.92 Å². The Morgan fingerprint density at radius 2 is 1.85 bits per heavy atom. The Morgan fingerprint density at radius 1 is 1.15 bits per heavy atom. The first kappa shape index (κ1) is 22.2. The van der Waals surface area contributed by atoms with Crippen LogP contribution < -0.4 is 10.6 Å². The molecule has 0 heterocycles. The SMILES string of the molecule is CCNC(=NCCCOCC)NC(C)CCC(C)C.I. The van der Waals surface area contributed by atoms with E-state index in [2.05, 4.69) is 43.3 Å². The first-order valence-corrected chi connectivity index (χ1v) is 7.72. The number of hydrogen-bond acceptors (Lipinski definition) is 2. The van der Waals surface area contributed by atoms with E-state index in [9.17, 15) is 0 Å². The van der Waals surface area contributed by atoms with Crippen molar-refractivity contribution in [2.24, 2.45) is 10.9 Å². The average molecular weight is 399 g/mol. The van der Waals surface area contributed by atoms with Gasteiger partial charge in [-0.1, -0.05) is 13.8 Å². The normalized spacial score (nSPS) is 13.0. The molecule has 0 bridgehead atoms. The molecule has 0 amide bonds. The van der Waals surface area contributed by atoms with Crippen molar-refractivity contribution in [2.75, 3.05) is 26.3 Å². The zero-order valence-corrected chi connectivity index (χ0v) is 16.2. The van der Waals surface area contributed by atoms with Gasteiger partial charge >= 0.3 is 0 Å². The molecule has 0 aliphatic carbocycles. The third-order valence-electron chi connectivity index (χ3n) is 2.83. The highest BCUT2D eigenvalue weighted by Crippen LogP contribution is 2.06. The van der Waals surface area contributed by atoms with Crippen molar-refractivity contribution in [1.82, 2.24) is 10.6 Å². The molecule has 20 heavy (non-hydrogen) atoms. The number of ether oxygens (including phenoxy) is 1. The van der Waals surface area contributed by atoms with Gasteiger partial charge in [0, 0.05) is 32.3 Å². The van der Waals surface area contributed by atoms with Gasteiger partial charge in [0.1, 0.15) is 0 Å². The Hall–Kier alpha value is -0.0400. The van der Waals surface area contributed by atoms with E-state index in [1.165, 1.54) is 12.8 Å². The summed E-state index contributed by atoms with van der Waals surface area (Å²) in [6.07, 6.45) is 3.41. The van der Waals surface area contributed by atoms with E-state index in [0.29, 0.717) is 6.04 Å². The summed E-state index contributed by atoms with van der Waals surface area (Å²) in [4.78, 5) is 4.57. The lowest BCUT2D eigenvalue weighted by atomic mass is 10.0. The largest absolute Gasteiger partial charge is 0.382 e. The maximum absolute atomic E-state index is 5.31. The molecule has 0 aromatic heterocycles. The van der Waals surface area contributed by atoms with E-state index in [1.807, 2.05) is 6.92 Å². The maximum Gasteiger partial charge on any atom is 0.191 e. The molecule has 2 N–H and O–H groups in total. The van der Waals surface area contributed by atoms with Gasteiger partial charge in [-0.15, -0.1) is 24.0 Å². The van der Waals surface area contributed by atoms with Crippen molar-refractivity contribution < 1.29 is 4.74 Å². The van der Waals surface area contributed by atoms with Gasteiger partial charge in [0.15, 0.2) is 5.96 Å². The molecule has 0 spiro atoms. The van der Waals surface area contributed by atoms with Crippen LogP contribution in [0.25, 0.3) is 0 Å². The minimum Gasteiger partial charge on any atom is -0.382 e. The van der Waals surface area contributed by atoms with Crippen LogP contribution in [-0.4, -0.2) is 38.3 Å². The number of guanidine groups is 1. The van der Waals surface area contributed by atoms with Crippen LogP contribution in [0.15, 0.2) is 4.99 Å². The van der Waals surface area contributed by atoms with Crippen molar-refractivity contribution in [2.45, 2.75) is 59.9 Å². The van der Waals surface area contributed by atoms with Crippen LogP contribution in [0.4, 0.5) is 0 Å². The van der Waals surface area contributed by atoms with Crippen molar-refractivity contribution >= 4 is 29.9 Å². The van der Waals surface area contributed by atoms with Crippen molar-refractivity contribution in [3.63, 3.8) is 0 Å². The summed E-state index contributed by atoms with van der Waals surface area (Å²) in [5, 5.41) is 6.75. The van der Waals surface area contributed by atoms with Crippen LogP contribution >= 0.6 is 24.0 Å². The minimum atomic E-state index is 0. The van der Waals surface area contributed by atoms with E-state index in [4.69, 9.17) is 4.74 Å². The van der Waals surface area contributed by atoms with Gasteiger partial charge < -0.3 is 15.4 Å². The van der Waals surface area contributed by atoms with E-state index < -0.39 is 0 Å². The van der Waals surface area contributed by atoms with E-state index in [0.717, 1.165) is 44.6 Å². The molecule has 1 atom stereocenters. The van der Waals surface area contributed by atoms with Crippen LogP contribution in [0.2, 0.25) is 0 Å². The molecule has 0 radical (unpaired) electrons. The molecule has 0 aromatic carbocycles. The monoisotopic (exact) mass is 399 g/mol. The number of aliphatic imine (C=N–C) groups is 1. The lowest BCUT2D eigenvalue weighted by molar-refractivity contribution is 0.146. The molecule has 4 nitrogen and oxygen atoms in total. The highest BCUT2D eigenvalue weighted by Gasteiger charge is 2.05. The second-order valence-electron chi connectivity index (χ2n) is 5.33. The fraction of sp³-hybridized carbons (Fsp3) is 0.933. The second kappa shape index (κ2) is 15.4. The van der Waals surface area contributed by atoms with Gasteiger partial charge in [0.25, 0.3) is 0 Å². The number of rotatable bonds is 10. The molecule has 0 fully saturated rings. The topological polar surface area (TPSA) is 45.7 Å². The predicted octanol–water partition coefficient (Wildman–Crippen LogP) is 3.41. The summed E-state index contributed by atoms with van der Waals surface area (Å²) in [6.45, 7) is 14.1. The summed E-state index contributed by atoms with van der Waals surface area (Å²) < 4.78 is 5.31. The fourth-order valence-electron chi connectivity index (χ4n) is 1.71. The van der Waals surface area contributed by atoms with Crippen molar-refractivity contribution in [3.8, 4) is 0 Å². The van der Waals surface area contributed by atoms with E-state index in [1.54, 1.807) is 0 Å². The molecule has 122 valence electrons. The van der Waals surface area contributed by atoms with Crippen LogP contribution in [-0.2, 0) is 4.74 Å². The van der Waals surface area contributed by atoms with Gasteiger partial charge in [0.2, 0.25) is 0 Å². The molecule has 0 aliphatic heterocycles. The number of hydrogen-bond donors (Lipinski definition) is 2. The fourth-order valence-corrected chi connectivity index (χ4v) is 1.71. The van der Waals surface area contributed by atoms with Crippen molar-refractivity contribution in [3.05, 3.63) is 0 Å². The average Bonchev–Trinajstić information content (AvgIpc) is 2.36. The summed E-state index contributed by atoms with van der Waals surface area (Å²) in [7, 11) is 0. The molecule has 0 saturated heterocycles. The first-order valence-electron chi connectivity index (χ1n) is 7.72. The number of nitrogens with zero attached hydrogens (tertiary/aromatic N) is 1. The Bertz CT molecular complexity index is 235. The lowest BCUT2D eigenvalue weighted by Gasteiger charge is -2.18. The van der Waals surface area contributed by atoms with Crippen LogP contribution in [0.5, 0.6) is 0 Å². The zero-order valence-electron chi connectivity index (χ0n) is 13.9. The minimum absolute atomic E-state index is 0. The van der Waals surface area contributed by atoms with Gasteiger partial charge in [-0.2, -0.15) is 0 Å². The second-order valence-corrected chi connectivity index (χ2v) is 5.33. The molecule has 0 saturated carbocycles. The first-order chi connectivity index (χ1) is 9.10. The highest BCUT2D eigenvalue weighted by atomic mass is 127. The predicted molar refractivity (Wildman–Crippen MR) is 99.2 cm³/mol. The molecule has 1 unspecified atom stereocenters. The Morgan fingerprint density at radius 3 is 2.40 bits per heavy atom. The standard InChI is InChI=1S/C15H33N3O.HI/c1-6-16-15(17-11-8-12-19-7-2)18-14(5)10-9-13(3)4;/h13-14H,6-12H2,1-5H3,(H2,16,17,18);1H. The third-order valence-corrected chi connectivity index (χ3v) is 2.83. The maximum atomic E-state index is 5.31. The molecule has 5 heteroatoms. The zero-order chi connectivity index (χ0) is 14.5. The van der Waals surface area contributed by atoms with E-state index in [-0.39, 0.29) is 24.0 Å². The van der Waals surface area contributed by atoms with Gasteiger partial charge in [-0.25, -0.2) is 0 Å². The van der Waals surface area contributed by atoms with Gasteiger partial charge in [-0.3, -0.25) is 4.99 Å². The summed E-state index contributed by atoms with van der Waals surface area (Å²) in [6, 6.07) is 0.465. The molecule has 0 aliphatic rings. The van der Waals surface area contributed by atoms with Gasteiger partial charge in [0.05, 0.1) is 0 Å². The Labute approximate surface area is 142 Å². The molecular weight excluding hydrogens is 365 g/mol.